The molecule has 0 amide bonds. The molecule has 0 aliphatic carbocycles. The summed E-state index contributed by atoms with van der Waals surface area (Å²) in [5.41, 5.74) is 2.30. The number of nitrogen functional groups attached to an aromatic ring is 1. The molecule has 0 bridgehead atoms. The van der Waals surface area contributed by atoms with Gasteiger partial charge in [-0.2, -0.15) is 70.2 Å². The first-order valence-electron chi connectivity index (χ1n) is 7.63. The van der Waals surface area contributed by atoms with Gasteiger partial charge in [-0.1, -0.05) is 12.1 Å². The Bertz CT molecular complexity index is 821. The number of rotatable bonds is 8. The van der Waals surface area contributed by atoms with E-state index in [4.69, 9.17) is 5.73 Å². The van der Waals surface area contributed by atoms with Gasteiger partial charge in [0.25, 0.3) is 0 Å². The molecule has 0 spiro atoms. The van der Waals surface area contributed by atoms with E-state index in [1.165, 1.54) is 0 Å². The maximum atomic E-state index is 13.9. The molecule has 0 aromatic heterocycles. The van der Waals surface area contributed by atoms with Gasteiger partial charge in [-0.25, -0.2) is 0 Å². The Balaban J connectivity index is 3.70. The van der Waals surface area contributed by atoms with E-state index in [-0.39, 0.29) is 12.1 Å². The molecule has 0 aliphatic rings. The molecular formula is C15H9F16N. The van der Waals surface area contributed by atoms with E-state index in [1.807, 2.05) is 0 Å². The van der Waals surface area contributed by atoms with Crippen LogP contribution < -0.4 is 5.73 Å². The van der Waals surface area contributed by atoms with Gasteiger partial charge in [-0.15, -0.1) is 0 Å². The lowest BCUT2D eigenvalue weighted by Crippen LogP contribution is -2.74. The third-order valence-electron chi connectivity index (χ3n) is 4.19. The zero-order valence-corrected chi connectivity index (χ0v) is 14.9. The number of anilines is 1. The number of hydrogen-bond donors (Lipinski definition) is 1. The molecule has 17 heteroatoms. The van der Waals surface area contributed by atoms with Gasteiger partial charge in [-0.3, -0.25) is 0 Å². The predicted octanol–water partition coefficient (Wildman–Crippen LogP) is 6.83. The van der Waals surface area contributed by atoms with Gasteiger partial charge < -0.3 is 5.73 Å². The highest BCUT2D eigenvalue weighted by Crippen LogP contribution is 2.64. The van der Waals surface area contributed by atoms with E-state index in [0.717, 1.165) is 0 Å². The largest absolute Gasteiger partial charge is 0.399 e. The van der Waals surface area contributed by atoms with Gasteiger partial charge in [0.2, 0.25) is 0 Å². The smallest absolute Gasteiger partial charge is 0.385 e. The average molecular weight is 507 g/mol. The molecule has 1 aromatic rings. The molecular weight excluding hydrogens is 498 g/mol. The minimum atomic E-state index is -8.42. The third-order valence-corrected chi connectivity index (χ3v) is 4.19. The van der Waals surface area contributed by atoms with Gasteiger partial charge in [0.15, 0.2) is 0 Å². The first kappa shape index (κ1) is 27.9. The standard InChI is InChI=1S/C15H9F16N/c1-8(16,17)10(20,21)12(24,25)14(28,29)15(30,31)13(26,27)11(22,23)9(18,19)6-2-4-7(32)5-3-6/h2-5H,32H2,1H3. The van der Waals surface area contributed by atoms with Crippen molar-refractivity contribution in [1.82, 2.24) is 0 Å². The minimum Gasteiger partial charge on any atom is -0.399 e. The maximum Gasteiger partial charge on any atom is 0.385 e. The van der Waals surface area contributed by atoms with Crippen molar-refractivity contribution in [2.75, 3.05) is 5.73 Å². The second-order valence-corrected chi connectivity index (χ2v) is 6.53. The molecule has 0 aliphatic heterocycles. The molecule has 0 radical (unpaired) electrons. The Kier molecular flexibility index (Phi) is 6.28. The fourth-order valence-electron chi connectivity index (χ4n) is 2.14. The molecule has 0 unspecified atom stereocenters. The summed E-state index contributed by atoms with van der Waals surface area (Å²) in [4.78, 5) is 0. The highest BCUT2D eigenvalue weighted by atomic mass is 19.4. The van der Waals surface area contributed by atoms with Crippen LogP contribution in [-0.4, -0.2) is 41.5 Å². The zero-order valence-electron chi connectivity index (χ0n) is 14.9. The first-order valence-corrected chi connectivity index (χ1v) is 7.63. The van der Waals surface area contributed by atoms with Crippen LogP contribution in [0, 0.1) is 0 Å². The van der Waals surface area contributed by atoms with Crippen LogP contribution in [0.2, 0.25) is 0 Å². The molecule has 0 heterocycles. The highest BCUT2D eigenvalue weighted by Gasteiger charge is 2.94. The third kappa shape index (κ3) is 3.41. The van der Waals surface area contributed by atoms with Crippen molar-refractivity contribution in [3.05, 3.63) is 29.8 Å². The lowest BCUT2D eigenvalue weighted by Gasteiger charge is -2.43. The quantitative estimate of drug-likeness (QED) is 0.303. The van der Waals surface area contributed by atoms with E-state index in [2.05, 4.69) is 0 Å². The summed E-state index contributed by atoms with van der Waals surface area (Å²) in [6.45, 7) is -1.20. The van der Waals surface area contributed by atoms with Crippen molar-refractivity contribution < 1.29 is 70.2 Å². The maximum absolute atomic E-state index is 13.9. The van der Waals surface area contributed by atoms with E-state index < -0.39 is 65.6 Å². The molecule has 0 saturated heterocycles. The molecule has 32 heavy (non-hydrogen) atoms. The summed E-state index contributed by atoms with van der Waals surface area (Å²) in [5.74, 6) is -61.1. The van der Waals surface area contributed by atoms with Crippen molar-refractivity contribution >= 4 is 5.69 Å². The molecule has 1 nitrogen and oxygen atoms in total. The van der Waals surface area contributed by atoms with Crippen molar-refractivity contribution in [3.8, 4) is 0 Å². The predicted molar refractivity (Wildman–Crippen MR) is 75.1 cm³/mol. The van der Waals surface area contributed by atoms with Crippen molar-refractivity contribution in [2.45, 2.75) is 54.3 Å². The number of alkyl halides is 16. The fourth-order valence-corrected chi connectivity index (χ4v) is 2.14. The summed E-state index contributed by atoms with van der Waals surface area (Å²) in [7, 11) is 0. The molecule has 0 fully saturated rings. The normalized spacial score (nSPS) is 15.8. The van der Waals surface area contributed by atoms with E-state index >= 15 is 0 Å². The Morgan fingerprint density at radius 3 is 1.06 bits per heavy atom. The van der Waals surface area contributed by atoms with Gasteiger partial charge in [0.1, 0.15) is 0 Å². The van der Waals surface area contributed by atoms with Crippen LogP contribution in [0.25, 0.3) is 0 Å². The summed E-state index contributed by atoms with van der Waals surface area (Å²) < 4.78 is 215. The van der Waals surface area contributed by atoms with Gasteiger partial charge >= 0.3 is 47.4 Å². The topological polar surface area (TPSA) is 26.0 Å². The Hall–Kier alpha value is -2.10. The summed E-state index contributed by atoms with van der Waals surface area (Å²) >= 11 is 0. The van der Waals surface area contributed by atoms with E-state index in [9.17, 15) is 70.2 Å². The van der Waals surface area contributed by atoms with E-state index in [0.29, 0.717) is 12.1 Å². The lowest BCUT2D eigenvalue weighted by molar-refractivity contribution is -0.453. The molecule has 1 aromatic carbocycles. The monoisotopic (exact) mass is 507 g/mol. The fraction of sp³-hybridized carbons (Fsp3) is 0.600. The van der Waals surface area contributed by atoms with Gasteiger partial charge in [0, 0.05) is 18.2 Å². The van der Waals surface area contributed by atoms with Gasteiger partial charge in [0.05, 0.1) is 0 Å². The summed E-state index contributed by atoms with van der Waals surface area (Å²) in [6, 6.07) is 0.413. The average Bonchev–Trinajstić information content (AvgIpc) is 2.60. The van der Waals surface area contributed by atoms with Crippen LogP contribution in [0.15, 0.2) is 24.3 Å². The SMILES string of the molecule is CC(F)(F)C(F)(F)C(F)(F)C(F)(F)C(F)(F)C(F)(F)C(F)(F)C(F)(F)c1ccc(N)cc1. The molecule has 1 rings (SSSR count). The second kappa shape index (κ2) is 7.20. The number of benzene rings is 1. The van der Waals surface area contributed by atoms with Crippen LogP contribution >= 0.6 is 0 Å². The van der Waals surface area contributed by atoms with Crippen LogP contribution in [0.4, 0.5) is 75.9 Å². The Morgan fingerprint density at radius 1 is 0.469 bits per heavy atom. The number of nitrogens with two attached hydrogens (primary N) is 1. The zero-order chi connectivity index (χ0) is 26.0. The van der Waals surface area contributed by atoms with E-state index in [1.54, 1.807) is 0 Å². The lowest BCUT2D eigenvalue weighted by atomic mass is 9.86. The van der Waals surface area contributed by atoms with Crippen LogP contribution in [0.1, 0.15) is 12.5 Å². The van der Waals surface area contributed by atoms with Crippen molar-refractivity contribution in [3.63, 3.8) is 0 Å². The summed E-state index contributed by atoms with van der Waals surface area (Å²) in [6.07, 6.45) is 0. The molecule has 0 saturated carbocycles. The second-order valence-electron chi connectivity index (χ2n) is 6.53. The number of hydrogen-bond acceptors (Lipinski definition) is 1. The van der Waals surface area contributed by atoms with Crippen LogP contribution in [0.3, 0.4) is 0 Å². The molecule has 0 atom stereocenters. The van der Waals surface area contributed by atoms with Gasteiger partial charge in [-0.05, 0) is 12.1 Å². The summed E-state index contributed by atoms with van der Waals surface area (Å²) in [5, 5.41) is 0. The van der Waals surface area contributed by atoms with Crippen LogP contribution in [-0.2, 0) is 5.92 Å². The Labute approximate surface area is 167 Å². The minimum absolute atomic E-state index is 0.143. The van der Waals surface area contributed by atoms with Crippen molar-refractivity contribution in [2.24, 2.45) is 0 Å². The molecule has 186 valence electrons. The van der Waals surface area contributed by atoms with Crippen LogP contribution in [0.5, 0.6) is 0 Å². The Morgan fingerprint density at radius 2 is 0.750 bits per heavy atom. The number of halogens is 16. The highest BCUT2D eigenvalue weighted by molar-refractivity contribution is 5.41. The first-order chi connectivity index (χ1) is 13.7. The molecule has 2 N–H and O–H groups in total. The van der Waals surface area contributed by atoms with Crippen molar-refractivity contribution in [1.29, 1.82) is 0 Å².